The summed E-state index contributed by atoms with van der Waals surface area (Å²) < 4.78 is 161. The van der Waals surface area contributed by atoms with Crippen LogP contribution in [-0.4, -0.2) is 58.2 Å². The Balaban J connectivity index is 0.000000188. The number of hydrogen-bond acceptors (Lipinski definition) is 23. The van der Waals surface area contributed by atoms with Crippen molar-refractivity contribution in [3.8, 4) is 125 Å². The van der Waals surface area contributed by atoms with Crippen molar-refractivity contribution >= 4 is 85.3 Å². The SMILES string of the molecule is COc1ccc(C2(c3ccc(Oc4ccc(C(=O)c5ccc(Oc6ccc(-c7ccc(Oc8ccc(C(=O)c9ccc(C)cc9)cc8)cc7)cc6)cc5)cc4)cc3)CCCCC2)cc1.COc1ccc(Oc2ccc(C(=O)c3ccc(Oc4ccc(Oc5ccc(S(=O)(=O)c6ccc(C)c(SOOO)c6)cc5S(=O)(=O)O)cc4P4(=O)Oc5ccccc5-c5ccccc54)cc3)cc2)cc1P1(=O)Oc2ccccc2-c2ccccc21. The van der Waals surface area contributed by atoms with Gasteiger partial charge in [-0.25, -0.2) is 13.7 Å². The lowest BCUT2D eigenvalue weighted by Crippen LogP contribution is -2.30. The Labute approximate surface area is 864 Å². The Bertz CT molecular complexity index is 8450. The lowest BCUT2D eigenvalue weighted by molar-refractivity contribution is -0.432. The number of hydrogen-bond donors (Lipinski definition) is 2. The fourth-order valence-electron chi connectivity index (χ4n) is 18.5. The monoisotopic (exact) mass is 2070 g/mol. The second-order valence-corrected chi connectivity index (χ2v) is 44.1. The third-order valence-corrected chi connectivity index (χ3v) is 34.5. The molecule has 3 aliphatic rings. The number of ketones is 3. The van der Waals surface area contributed by atoms with Crippen molar-refractivity contribution in [2.45, 2.75) is 70.9 Å². The van der Waals surface area contributed by atoms with E-state index >= 15 is 9.13 Å². The van der Waals surface area contributed by atoms with E-state index in [9.17, 15) is 35.8 Å². The number of carbonyl (C=O) groups is 3. The molecular weight excluding hydrogens is 1980 g/mol. The van der Waals surface area contributed by atoms with Crippen LogP contribution in [0.3, 0.4) is 0 Å². The van der Waals surface area contributed by atoms with Crippen LogP contribution in [0.5, 0.6) is 92.0 Å². The van der Waals surface area contributed by atoms with E-state index in [2.05, 4.69) is 45.8 Å². The van der Waals surface area contributed by atoms with E-state index in [1.807, 2.05) is 177 Å². The molecule has 18 aromatic rings. The van der Waals surface area contributed by atoms with Gasteiger partial charge in [-0.3, -0.25) is 28.1 Å². The number of aryl methyl sites for hydroxylation is 2. The zero-order valence-corrected chi connectivity index (χ0v) is 84.6. The van der Waals surface area contributed by atoms with Gasteiger partial charge in [0, 0.05) is 54.8 Å². The number of ether oxygens (including phenoxy) is 8. The molecule has 0 radical (unpaired) electrons. The van der Waals surface area contributed by atoms with Crippen LogP contribution in [0, 0.1) is 13.8 Å². The fraction of sp³-hybridized carbons (Fsp3) is 0.0826. The van der Waals surface area contributed by atoms with Gasteiger partial charge < -0.3 is 46.9 Å². The van der Waals surface area contributed by atoms with Gasteiger partial charge >= 0.3 is 14.7 Å². The smallest absolute Gasteiger partial charge is 0.311 e. The lowest BCUT2D eigenvalue weighted by Gasteiger charge is -2.38. The normalized spacial score (nSPS) is 14.6. The fourth-order valence-corrected chi connectivity index (χ4v) is 25.9. The van der Waals surface area contributed by atoms with Gasteiger partial charge in [-0.05, 0) is 326 Å². The number of rotatable bonds is 31. The minimum atomic E-state index is -5.18. The Morgan fingerprint density at radius 1 is 0.329 bits per heavy atom. The summed E-state index contributed by atoms with van der Waals surface area (Å²) in [5.41, 5.74) is 12.3. The maximum atomic E-state index is 15.8. The molecule has 2 aliphatic heterocycles. The average molecular weight is 2070 g/mol. The maximum Gasteiger partial charge on any atom is 0.311 e. The first kappa shape index (κ1) is 99.8. The Morgan fingerprint density at radius 3 is 1.09 bits per heavy atom. The molecule has 0 saturated heterocycles. The molecule has 0 amide bonds. The summed E-state index contributed by atoms with van der Waals surface area (Å²) in [6.45, 7) is 3.66. The highest BCUT2D eigenvalue weighted by molar-refractivity contribution is 7.94. The molecule has 2 N–H and O–H groups in total. The molecule has 0 bridgehead atoms. The van der Waals surface area contributed by atoms with Crippen molar-refractivity contribution in [2.75, 3.05) is 14.2 Å². The Morgan fingerprint density at radius 2 is 0.664 bits per heavy atom. The highest BCUT2D eigenvalue weighted by Crippen LogP contribution is 2.59. The van der Waals surface area contributed by atoms with Crippen LogP contribution in [0.1, 0.15) is 102 Å². The van der Waals surface area contributed by atoms with Gasteiger partial charge in [-0.2, -0.15) is 8.42 Å². The first-order valence-corrected chi connectivity index (χ1v) is 54.3. The van der Waals surface area contributed by atoms with E-state index in [1.54, 1.807) is 166 Å². The molecular formula is C121H92O23P2S3. The lowest BCUT2D eigenvalue weighted by atomic mass is 9.65. The van der Waals surface area contributed by atoms with Gasteiger partial charge in [0.15, 0.2) is 17.3 Å². The molecule has 149 heavy (non-hydrogen) atoms. The third-order valence-electron chi connectivity index (χ3n) is 26.2. The van der Waals surface area contributed by atoms with Gasteiger partial charge in [0.2, 0.25) is 9.84 Å². The van der Waals surface area contributed by atoms with Crippen molar-refractivity contribution in [2.24, 2.45) is 0 Å². The summed E-state index contributed by atoms with van der Waals surface area (Å²) in [5, 5.41) is 13.4. The van der Waals surface area contributed by atoms with Crippen molar-refractivity contribution in [1.29, 1.82) is 0 Å². The molecule has 1 aliphatic carbocycles. The number of para-hydroxylation sites is 2. The van der Waals surface area contributed by atoms with Crippen LogP contribution in [-0.2, 0) is 43.9 Å². The number of carbonyl (C=O) groups excluding carboxylic acids is 3. The number of fused-ring (bicyclic) bond motifs is 6. The molecule has 2 heterocycles. The molecule has 28 heteroatoms. The Kier molecular flexibility index (Phi) is 28.7. The summed E-state index contributed by atoms with van der Waals surface area (Å²) in [6, 6.07) is 120. The molecule has 1 saturated carbocycles. The quantitative estimate of drug-likeness (QED) is 0.0102. The van der Waals surface area contributed by atoms with Gasteiger partial charge in [-0.15, -0.1) is 4.33 Å². The first-order chi connectivity index (χ1) is 72.3. The van der Waals surface area contributed by atoms with E-state index in [4.69, 9.17) is 52.2 Å². The summed E-state index contributed by atoms with van der Waals surface area (Å²) in [7, 11) is -14.4. The summed E-state index contributed by atoms with van der Waals surface area (Å²) in [4.78, 5) is 38.8. The van der Waals surface area contributed by atoms with E-state index < -0.39 is 50.2 Å². The van der Waals surface area contributed by atoms with Gasteiger partial charge in [0.1, 0.15) is 96.9 Å². The minimum Gasteiger partial charge on any atom is -0.497 e. The molecule has 18 aromatic carbocycles. The predicted molar refractivity (Wildman–Crippen MR) is 571 cm³/mol. The molecule has 1 fully saturated rings. The number of sulfone groups is 1. The summed E-state index contributed by atoms with van der Waals surface area (Å²) in [5.74, 6) is 6.06. The van der Waals surface area contributed by atoms with Crippen LogP contribution in [0.15, 0.2) is 432 Å². The highest BCUT2D eigenvalue weighted by Gasteiger charge is 2.44. The first-order valence-electron chi connectivity index (χ1n) is 47.4. The second-order valence-electron chi connectivity index (χ2n) is 35.5. The Hall–Kier alpha value is -16.5. The third kappa shape index (κ3) is 21.3. The molecule has 23 nitrogen and oxygen atoms in total. The molecule has 0 spiro atoms. The van der Waals surface area contributed by atoms with Crippen LogP contribution < -0.4 is 68.2 Å². The van der Waals surface area contributed by atoms with E-state index in [0.717, 1.165) is 70.4 Å². The molecule has 2 atom stereocenters. The average Bonchev–Trinajstić information content (AvgIpc) is 0.729. The van der Waals surface area contributed by atoms with Crippen molar-refractivity contribution in [1.82, 2.24) is 0 Å². The zero-order chi connectivity index (χ0) is 103. The summed E-state index contributed by atoms with van der Waals surface area (Å²) in [6.07, 6.45) is 5.92. The van der Waals surface area contributed by atoms with Crippen LogP contribution >= 0.6 is 26.8 Å². The van der Waals surface area contributed by atoms with Crippen molar-refractivity contribution < 1.29 is 106 Å². The van der Waals surface area contributed by atoms with Gasteiger partial charge in [0.05, 0.1) is 57.3 Å². The molecule has 0 aromatic heterocycles. The highest BCUT2D eigenvalue weighted by atomic mass is 32.2. The standard InChI is InChI=1S/C63H44O17P2S3.C58H48O6/c1-39-19-30-46(37-61(39)83-80-79-65)84(68,69)47-31-34-56(62(38-47)85(70,71)72)76-45-29-33-55(60(36-45)82(67)58-18-10-6-14-51(58)49-12-4-8-16-53(49)78-82)75-43-26-22-41(23-27-43)63(64)40-20-24-42(25-21-40)74-44-28-32-54(73-2)59(35-44)81(66)57-17-9-5-13-50(57)48-11-3-7-15-52(48)77-81;1-40-6-8-43(9-7-40)56(59)44-14-28-52(29-15-44)62-50-24-10-41(11-25-50)42-12-26-51(27-13-42)63-53-30-16-45(17-31-53)57(60)46-18-32-54(33-19-46)64-55-36-22-48(23-37-55)58(38-4-3-5-39-58)47-20-34-49(61-2)35-21-47/h3-38,65H,1-2H3,(H,70,71,72);6-37H,3-5,38-39H2,1-2H3. The predicted octanol–water partition coefficient (Wildman–Crippen LogP) is 28.5. The molecule has 21 rings (SSSR count). The second kappa shape index (κ2) is 42.9. The zero-order valence-electron chi connectivity index (χ0n) is 80.4. The topological polar surface area (TPSA) is 305 Å². The summed E-state index contributed by atoms with van der Waals surface area (Å²) >= 11 is 0.536. The van der Waals surface area contributed by atoms with Crippen LogP contribution in [0.4, 0.5) is 0 Å². The van der Waals surface area contributed by atoms with Gasteiger partial charge in [-0.1, -0.05) is 182 Å². The minimum absolute atomic E-state index is 0.0153. The largest absolute Gasteiger partial charge is 0.497 e. The van der Waals surface area contributed by atoms with E-state index in [-0.39, 0.29) is 55.1 Å². The van der Waals surface area contributed by atoms with E-state index in [1.165, 1.54) is 73.9 Å². The molecule has 742 valence electrons. The molecule has 2 unspecified atom stereocenters. The maximum absolute atomic E-state index is 15.8. The van der Waals surface area contributed by atoms with Crippen molar-refractivity contribution in [3.63, 3.8) is 0 Å². The van der Waals surface area contributed by atoms with Crippen molar-refractivity contribution in [3.05, 3.63) is 468 Å². The van der Waals surface area contributed by atoms with E-state index in [0.29, 0.717) is 136 Å². The van der Waals surface area contributed by atoms with Crippen LogP contribution in [0.25, 0.3) is 33.4 Å². The van der Waals surface area contributed by atoms with Gasteiger partial charge in [0.25, 0.3) is 10.1 Å². The van der Waals surface area contributed by atoms with Crippen LogP contribution in [0.2, 0.25) is 0 Å². The number of methoxy groups -OCH3 is 2. The number of benzene rings is 18.